The second-order valence-corrected chi connectivity index (χ2v) is 14.9. The summed E-state index contributed by atoms with van der Waals surface area (Å²) in [6.07, 6.45) is 1.29. The predicted molar refractivity (Wildman–Crippen MR) is 210 cm³/mol. The first-order valence-corrected chi connectivity index (χ1v) is 18.0. The largest absolute Gasteiger partial charge is 0.492 e. The van der Waals surface area contributed by atoms with Gasteiger partial charge in [0.15, 0.2) is 0 Å². The van der Waals surface area contributed by atoms with E-state index in [4.69, 9.17) is 35.2 Å². The lowest BCUT2D eigenvalue weighted by Gasteiger charge is -2.26. The second kappa shape index (κ2) is 18.8. The van der Waals surface area contributed by atoms with E-state index in [1.165, 1.54) is 6.08 Å². The minimum Gasteiger partial charge on any atom is -0.492 e. The molecule has 4 N–H and O–H groups in total. The van der Waals surface area contributed by atoms with Crippen molar-refractivity contribution in [1.29, 1.82) is 0 Å². The number of benzene rings is 4. The first kappa shape index (κ1) is 41.7. The van der Waals surface area contributed by atoms with Crippen LogP contribution in [0, 0.1) is 5.92 Å². The Labute approximate surface area is 322 Å². The molecule has 1 amide bonds. The van der Waals surface area contributed by atoms with Crippen molar-refractivity contribution in [1.82, 2.24) is 0 Å². The van der Waals surface area contributed by atoms with Crippen molar-refractivity contribution in [2.24, 2.45) is 11.7 Å². The first-order valence-electron chi connectivity index (χ1n) is 18.0. The Kier molecular flexibility index (Phi) is 14.2. The molecule has 0 heterocycles. The highest BCUT2D eigenvalue weighted by Gasteiger charge is 2.34. The van der Waals surface area contributed by atoms with E-state index in [1.54, 1.807) is 77.9 Å². The van der Waals surface area contributed by atoms with Gasteiger partial charge in [0.25, 0.3) is 0 Å². The number of esters is 3. The maximum Gasteiger partial charge on any atom is 0.342 e. The smallest absolute Gasteiger partial charge is 0.342 e. The van der Waals surface area contributed by atoms with Crippen LogP contribution in [0.3, 0.4) is 0 Å². The quantitative estimate of drug-likeness (QED) is 0.0510. The van der Waals surface area contributed by atoms with Crippen LogP contribution in [0.4, 0.5) is 5.69 Å². The van der Waals surface area contributed by atoms with Crippen molar-refractivity contribution in [2.45, 2.75) is 78.8 Å². The zero-order chi connectivity index (χ0) is 40.2. The second-order valence-electron chi connectivity index (χ2n) is 14.9. The molecular weight excluding hydrogens is 700 g/mol. The number of nitrogens with two attached hydrogens (primary N) is 2. The summed E-state index contributed by atoms with van der Waals surface area (Å²) < 4.78 is 29.0. The van der Waals surface area contributed by atoms with Crippen molar-refractivity contribution in [3.63, 3.8) is 0 Å². The summed E-state index contributed by atoms with van der Waals surface area (Å²) in [5, 5.41) is 0. The van der Waals surface area contributed by atoms with E-state index in [0.717, 1.165) is 11.1 Å². The lowest BCUT2D eigenvalue weighted by molar-refractivity contribution is -0.166. The summed E-state index contributed by atoms with van der Waals surface area (Å²) in [5.74, 6) is -3.50. The van der Waals surface area contributed by atoms with Gasteiger partial charge in [0, 0.05) is 23.7 Å². The molecule has 4 aromatic rings. The van der Waals surface area contributed by atoms with Gasteiger partial charge in [-0.25, -0.2) is 4.79 Å². The van der Waals surface area contributed by atoms with Crippen molar-refractivity contribution < 1.29 is 42.9 Å². The summed E-state index contributed by atoms with van der Waals surface area (Å²) in [4.78, 5) is 52.5. The highest BCUT2D eigenvalue weighted by atomic mass is 16.6. The van der Waals surface area contributed by atoms with Crippen LogP contribution in [0.2, 0.25) is 0 Å². The third-order valence-corrected chi connectivity index (χ3v) is 7.85. The lowest BCUT2D eigenvalue weighted by Crippen LogP contribution is -2.35. The molecule has 55 heavy (non-hydrogen) atoms. The highest BCUT2D eigenvalue weighted by Crippen LogP contribution is 2.29. The van der Waals surface area contributed by atoms with Crippen LogP contribution in [0.5, 0.6) is 11.5 Å². The van der Waals surface area contributed by atoms with Crippen LogP contribution in [-0.2, 0) is 48.2 Å². The van der Waals surface area contributed by atoms with Crippen molar-refractivity contribution in [3.05, 3.63) is 130 Å². The number of anilines is 1. The molecule has 0 bridgehead atoms. The van der Waals surface area contributed by atoms with Gasteiger partial charge in [-0.15, -0.1) is 0 Å². The van der Waals surface area contributed by atoms with Gasteiger partial charge in [0.2, 0.25) is 5.91 Å². The van der Waals surface area contributed by atoms with Gasteiger partial charge in [0.1, 0.15) is 41.5 Å². The number of hydrogen-bond acceptors (Lipinski definition) is 10. The molecule has 0 saturated carbocycles. The lowest BCUT2D eigenvalue weighted by atomic mass is 9.92. The molecule has 1 atom stereocenters. The summed E-state index contributed by atoms with van der Waals surface area (Å²) in [6.45, 7) is 10.6. The first-order chi connectivity index (χ1) is 26.0. The monoisotopic (exact) mass is 750 g/mol. The zero-order valence-corrected chi connectivity index (χ0v) is 32.3. The van der Waals surface area contributed by atoms with Gasteiger partial charge >= 0.3 is 17.9 Å². The minimum atomic E-state index is -1.34. The Morgan fingerprint density at radius 3 is 1.93 bits per heavy atom. The Morgan fingerprint density at radius 1 is 0.709 bits per heavy atom. The van der Waals surface area contributed by atoms with Gasteiger partial charge in [-0.05, 0) is 94.1 Å². The number of ether oxygens (including phenoxy) is 5. The number of amides is 1. The minimum absolute atomic E-state index is 0.0891. The third-order valence-electron chi connectivity index (χ3n) is 7.85. The maximum atomic E-state index is 13.5. The Balaban J connectivity index is 1.64. The number of hydrogen-bond donors (Lipinski definition) is 2. The van der Waals surface area contributed by atoms with Gasteiger partial charge in [-0.2, -0.15) is 0 Å². The van der Waals surface area contributed by atoms with Crippen LogP contribution in [0.15, 0.2) is 103 Å². The van der Waals surface area contributed by atoms with Crippen molar-refractivity contribution in [3.8, 4) is 11.5 Å². The Bertz CT molecular complexity index is 1980. The van der Waals surface area contributed by atoms with E-state index in [2.05, 4.69) is 0 Å². The Hall–Kier alpha value is -6.10. The molecule has 0 aliphatic heterocycles. The standard InChI is InChI=1S/C44H50N2O9/c1-43(2,3)54-39(47)26-36(42(50)55-44(4,5)6)35(40(46)48)24-31-17-20-37(52-27-29-13-9-7-10-14-29)32(23-31)21-22-51-38-25-33(45)18-19-34(38)41(49)53-28-30-15-11-8-12-16-30/h7-20,23-25,36H,21-22,26-28,45H2,1-6H3,(H2,46,48)/b35-24+/t36-/m0/s1. The molecular formula is C44H50N2O9. The van der Waals surface area contributed by atoms with Gasteiger partial charge in [-0.1, -0.05) is 66.7 Å². The zero-order valence-electron chi connectivity index (χ0n) is 32.3. The van der Waals surface area contributed by atoms with Crippen LogP contribution in [-0.4, -0.2) is 41.6 Å². The molecule has 4 rings (SSSR count). The number of nitrogen functional groups attached to an aromatic ring is 1. The summed E-state index contributed by atoms with van der Waals surface area (Å²) in [6, 6.07) is 28.9. The SMILES string of the molecule is CC(C)(C)OC(=O)C[C@H](C(=O)OC(C)(C)C)/C(=C\c1ccc(OCc2ccccc2)c(CCOc2cc(N)ccc2C(=O)OCc2ccccc2)c1)C(N)=O. The van der Waals surface area contributed by atoms with Crippen LogP contribution in [0.25, 0.3) is 6.08 Å². The van der Waals surface area contributed by atoms with E-state index in [9.17, 15) is 19.2 Å². The van der Waals surface area contributed by atoms with E-state index in [0.29, 0.717) is 29.0 Å². The average Bonchev–Trinajstić information content (AvgIpc) is 3.11. The fraction of sp³-hybridized carbons (Fsp3) is 0.318. The van der Waals surface area contributed by atoms with Gasteiger partial charge in [-0.3, -0.25) is 14.4 Å². The average molecular weight is 751 g/mol. The molecule has 0 aromatic heterocycles. The van der Waals surface area contributed by atoms with Crippen LogP contribution < -0.4 is 20.9 Å². The van der Waals surface area contributed by atoms with Gasteiger partial charge < -0.3 is 35.2 Å². The van der Waals surface area contributed by atoms with E-state index in [1.807, 2.05) is 60.7 Å². The van der Waals surface area contributed by atoms with E-state index < -0.39 is 47.4 Å². The topological polar surface area (TPSA) is 166 Å². The molecule has 0 saturated heterocycles. The summed E-state index contributed by atoms with van der Waals surface area (Å²) in [7, 11) is 0. The fourth-order valence-electron chi connectivity index (χ4n) is 5.43. The van der Waals surface area contributed by atoms with E-state index >= 15 is 0 Å². The van der Waals surface area contributed by atoms with Crippen LogP contribution >= 0.6 is 0 Å². The molecule has 0 unspecified atom stereocenters. The predicted octanol–water partition coefficient (Wildman–Crippen LogP) is 7.38. The molecule has 0 aliphatic carbocycles. The molecule has 290 valence electrons. The number of carbonyl (C=O) groups is 4. The highest BCUT2D eigenvalue weighted by molar-refractivity contribution is 6.03. The number of rotatable bonds is 16. The van der Waals surface area contributed by atoms with Crippen molar-refractivity contribution >= 4 is 35.6 Å². The molecule has 0 fully saturated rings. The maximum absolute atomic E-state index is 13.5. The molecule has 11 heteroatoms. The van der Waals surface area contributed by atoms with E-state index in [-0.39, 0.29) is 36.7 Å². The summed E-state index contributed by atoms with van der Waals surface area (Å²) >= 11 is 0. The van der Waals surface area contributed by atoms with Crippen LogP contribution in [0.1, 0.15) is 80.6 Å². The van der Waals surface area contributed by atoms with Crippen molar-refractivity contribution in [2.75, 3.05) is 12.3 Å². The Morgan fingerprint density at radius 2 is 1.33 bits per heavy atom. The normalized spacial score (nSPS) is 12.3. The molecule has 0 aliphatic rings. The molecule has 0 radical (unpaired) electrons. The molecule has 11 nitrogen and oxygen atoms in total. The third kappa shape index (κ3) is 13.7. The number of primary amides is 1. The number of carbonyl (C=O) groups excluding carboxylic acids is 4. The van der Waals surface area contributed by atoms with Gasteiger partial charge in [0.05, 0.1) is 18.9 Å². The fourth-order valence-corrected chi connectivity index (χ4v) is 5.43. The summed E-state index contributed by atoms with van der Waals surface area (Å²) in [5.41, 5.74) is 13.7. The molecule has 4 aromatic carbocycles. The molecule has 0 spiro atoms.